The van der Waals surface area contributed by atoms with Crippen LogP contribution in [0.2, 0.25) is 5.02 Å². The molecule has 10 heteroatoms. The molecule has 0 aliphatic carbocycles. The lowest BCUT2D eigenvalue weighted by molar-refractivity contribution is -0.143. The number of pyridine rings is 3. The number of nitrogens with one attached hydrogen (secondary N) is 1. The first-order valence-electron chi connectivity index (χ1n) is 9.80. The molecule has 6 nitrogen and oxygen atoms in total. The van der Waals surface area contributed by atoms with E-state index in [1.54, 1.807) is 42.5 Å². The average molecular weight is 467 g/mol. The van der Waals surface area contributed by atoms with E-state index in [1.807, 2.05) is 0 Å². The molecule has 33 heavy (non-hydrogen) atoms. The number of rotatable bonds is 4. The Morgan fingerprint density at radius 2 is 1.76 bits per heavy atom. The van der Waals surface area contributed by atoms with Gasteiger partial charge in [-0.25, -0.2) is 15.0 Å². The zero-order valence-electron chi connectivity index (χ0n) is 16.8. The van der Waals surface area contributed by atoms with Crippen LogP contribution in [-0.4, -0.2) is 31.1 Å². The maximum Gasteiger partial charge on any atom is 0.412 e. The number of aromatic nitrogens is 5. The number of benzene rings is 1. The van der Waals surface area contributed by atoms with Gasteiger partial charge in [-0.05, 0) is 36.4 Å². The van der Waals surface area contributed by atoms with Gasteiger partial charge in [0.25, 0.3) is 0 Å². The molecule has 0 saturated heterocycles. The molecule has 0 aliphatic heterocycles. The first-order chi connectivity index (χ1) is 15.9. The predicted molar refractivity (Wildman–Crippen MR) is 120 cm³/mol. The number of anilines is 1. The van der Waals surface area contributed by atoms with Crippen LogP contribution in [0.5, 0.6) is 0 Å². The SMILES string of the molecule is FC(F)(F)[C@@H](Nc1ncnc2cccnc12)c1cc2cccc(Cl)c2nc1-c1cccnc1. The van der Waals surface area contributed by atoms with Crippen molar-refractivity contribution in [3.8, 4) is 11.3 Å². The molecule has 0 unspecified atom stereocenters. The highest BCUT2D eigenvalue weighted by Crippen LogP contribution is 2.41. The second-order valence-corrected chi connectivity index (χ2v) is 7.60. The number of fused-ring (bicyclic) bond motifs is 2. The first-order valence-corrected chi connectivity index (χ1v) is 10.2. The summed E-state index contributed by atoms with van der Waals surface area (Å²) in [5.41, 5.74) is 1.51. The fraction of sp³-hybridized carbons (Fsp3) is 0.0870. The Morgan fingerprint density at radius 3 is 2.55 bits per heavy atom. The Hall–Kier alpha value is -3.85. The van der Waals surface area contributed by atoms with Gasteiger partial charge in [-0.2, -0.15) is 13.2 Å². The standard InChI is InChI=1S/C23H14ClF3N6/c24-16-6-1-4-13-10-15(18(32-19(13)16)14-5-2-8-28-11-14)21(23(25,26)27)33-22-20-17(30-12-31-22)7-3-9-29-20/h1-12,21H,(H,30,31,33)/t21-/m0/s1. The normalized spacial score (nSPS) is 12.7. The van der Waals surface area contributed by atoms with E-state index in [0.29, 0.717) is 27.0 Å². The average Bonchev–Trinajstić information content (AvgIpc) is 2.82. The van der Waals surface area contributed by atoms with E-state index >= 15 is 0 Å². The van der Waals surface area contributed by atoms with Crippen LogP contribution in [-0.2, 0) is 0 Å². The van der Waals surface area contributed by atoms with Gasteiger partial charge in [0.15, 0.2) is 11.9 Å². The fourth-order valence-corrected chi connectivity index (χ4v) is 3.83. The van der Waals surface area contributed by atoms with Crippen molar-refractivity contribution in [2.75, 3.05) is 5.32 Å². The van der Waals surface area contributed by atoms with Crippen molar-refractivity contribution < 1.29 is 13.2 Å². The summed E-state index contributed by atoms with van der Waals surface area (Å²) in [6.07, 6.45) is 0.982. The predicted octanol–water partition coefficient (Wildman–Crippen LogP) is 6.00. The lowest BCUT2D eigenvalue weighted by atomic mass is 9.98. The summed E-state index contributed by atoms with van der Waals surface area (Å²) in [6, 6.07) is 10.9. The van der Waals surface area contributed by atoms with Crippen molar-refractivity contribution in [1.82, 2.24) is 24.9 Å². The number of halogens is 4. The molecule has 1 aromatic carbocycles. The van der Waals surface area contributed by atoms with Crippen molar-refractivity contribution >= 4 is 39.4 Å². The summed E-state index contributed by atoms with van der Waals surface area (Å²) >= 11 is 6.29. The number of hydrogen-bond acceptors (Lipinski definition) is 6. The first kappa shape index (κ1) is 21.0. The van der Waals surface area contributed by atoms with Crippen molar-refractivity contribution in [2.24, 2.45) is 0 Å². The summed E-state index contributed by atoms with van der Waals surface area (Å²) in [5.74, 6) is -0.0359. The molecule has 0 saturated carbocycles. The van der Waals surface area contributed by atoms with Crippen molar-refractivity contribution in [2.45, 2.75) is 12.2 Å². The topological polar surface area (TPSA) is 76.5 Å². The summed E-state index contributed by atoms with van der Waals surface area (Å²) in [6.45, 7) is 0. The van der Waals surface area contributed by atoms with Crippen LogP contribution in [0.3, 0.4) is 0 Å². The number of alkyl halides is 3. The van der Waals surface area contributed by atoms with E-state index in [4.69, 9.17) is 11.6 Å². The molecule has 0 radical (unpaired) electrons. The lowest BCUT2D eigenvalue weighted by Gasteiger charge is -2.25. The second-order valence-electron chi connectivity index (χ2n) is 7.19. The Kier molecular flexibility index (Phi) is 5.26. The van der Waals surface area contributed by atoms with Crippen molar-refractivity contribution in [1.29, 1.82) is 0 Å². The zero-order valence-corrected chi connectivity index (χ0v) is 17.5. The van der Waals surface area contributed by atoms with Crippen LogP contribution in [0, 0.1) is 0 Å². The maximum atomic E-state index is 14.5. The highest BCUT2D eigenvalue weighted by Gasteiger charge is 2.43. The van der Waals surface area contributed by atoms with Gasteiger partial charge in [0.2, 0.25) is 0 Å². The van der Waals surface area contributed by atoms with Crippen LogP contribution >= 0.6 is 11.6 Å². The van der Waals surface area contributed by atoms with Gasteiger partial charge in [0.05, 0.1) is 21.7 Å². The molecular weight excluding hydrogens is 453 g/mol. The summed E-state index contributed by atoms with van der Waals surface area (Å²) in [4.78, 5) is 20.8. The minimum Gasteiger partial charge on any atom is -0.353 e. The van der Waals surface area contributed by atoms with E-state index in [2.05, 4.69) is 30.2 Å². The van der Waals surface area contributed by atoms with Gasteiger partial charge in [-0.1, -0.05) is 23.7 Å². The lowest BCUT2D eigenvalue weighted by Crippen LogP contribution is -2.29. The number of nitrogens with zero attached hydrogens (tertiary/aromatic N) is 5. The molecule has 0 bridgehead atoms. The van der Waals surface area contributed by atoms with E-state index < -0.39 is 12.2 Å². The highest BCUT2D eigenvalue weighted by molar-refractivity contribution is 6.35. The molecule has 0 fully saturated rings. The molecule has 0 spiro atoms. The minimum atomic E-state index is -4.68. The van der Waals surface area contributed by atoms with Gasteiger partial charge in [0.1, 0.15) is 11.8 Å². The van der Waals surface area contributed by atoms with E-state index in [9.17, 15) is 13.2 Å². The van der Waals surface area contributed by atoms with Gasteiger partial charge in [0, 0.05) is 35.1 Å². The molecule has 4 heterocycles. The number of para-hydroxylation sites is 1. The third kappa shape index (κ3) is 4.03. The van der Waals surface area contributed by atoms with Gasteiger partial charge >= 0.3 is 6.18 Å². The van der Waals surface area contributed by atoms with Crippen LogP contribution in [0.15, 0.2) is 73.4 Å². The summed E-state index contributed by atoms with van der Waals surface area (Å²) in [7, 11) is 0. The molecule has 1 N–H and O–H groups in total. The second kappa shape index (κ2) is 8.25. The molecule has 0 aliphatic rings. The molecule has 4 aromatic heterocycles. The smallest absolute Gasteiger partial charge is 0.353 e. The van der Waals surface area contributed by atoms with Crippen LogP contribution in [0.1, 0.15) is 11.6 Å². The third-order valence-corrected chi connectivity index (χ3v) is 5.38. The van der Waals surface area contributed by atoms with Gasteiger partial charge < -0.3 is 5.32 Å². The van der Waals surface area contributed by atoms with E-state index in [1.165, 1.54) is 31.0 Å². The summed E-state index contributed by atoms with van der Waals surface area (Å²) < 4.78 is 43.4. The van der Waals surface area contributed by atoms with Crippen LogP contribution in [0.4, 0.5) is 19.0 Å². The Labute approximate surface area is 190 Å². The molecular formula is C23H14ClF3N6. The third-order valence-electron chi connectivity index (χ3n) is 5.07. The van der Waals surface area contributed by atoms with Gasteiger partial charge in [-0.3, -0.25) is 9.97 Å². The van der Waals surface area contributed by atoms with E-state index in [-0.39, 0.29) is 22.6 Å². The number of hydrogen-bond donors (Lipinski definition) is 1. The van der Waals surface area contributed by atoms with Crippen LogP contribution in [0.25, 0.3) is 33.2 Å². The molecule has 0 amide bonds. The summed E-state index contributed by atoms with van der Waals surface area (Å²) in [5, 5.41) is 3.35. The van der Waals surface area contributed by atoms with Crippen LogP contribution < -0.4 is 5.32 Å². The largest absolute Gasteiger partial charge is 0.412 e. The molecule has 164 valence electrons. The molecule has 5 aromatic rings. The monoisotopic (exact) mass is 466 g/mol. The van der Waals surface area contributed by atoms with Crippen molar-refractivity contribution in [3.63, 3.8) is 0 Å². The highest BCUT2D eigenvalue weighted by atomic mass is 35.5. The maximum absolute atomic E-state index is 14.5. The van der Waals surface area contributed by atoms with E-state index in [0.717, 1.165) is 0 Å². The Bertz CT molecular complexity index is 1450. The Balaban J connectivity index is 1.74. The molecule has 1 atom stereocenters. The minimum absolute atomic E-state index is 0.0359. The van der Waals surface area contributed by atoms with Gasteiger partial charge in [-0.15, -0.1) is 0 Å². The zero-order chi connectivity index (χ0) is 23.0. The van der Waals surface area contributed by atoms with Crippen molar-refractivity contribution in [3.05, 3.63) is 84.0 Å². The Morgan fingerprint density at radius 1 is 0.909 bits per heavy atom. The quantitative estimate of drug-likeness (QED) is 0.350. The fourth-order valence-electron chi connectivity index (χ4n) is 3.60. The molecule has 5 rings (SSSR count).